The van der Waals surface area contributed by atoms with E-state index in [0.717, 1.165) is 11.3 Å². The molecule has 0 fully saturated rings. The Morgan fingerprint density at radius 3 is 2.48 bits per heavy atom. The van der Waals surface area contributed by atoms with Gasteiger partial charge in [-0.15, -0.1) is 0 Å². The fourth-order valence-electron chi connectivity index (χ4n) is 2.81. The molecule has 0 saturated carbocycles. The summed E-state index contributed by atoms with van der Waals surface area (Å²) in [5.74, 6) is 0.670. The maximum Gasteiger partial charge on any atom is 0.255 e. The third kappa shape index (κ3) is 6.13. The molecule has 27 heavy (non-hydrogen) atoms. The third-order valence-electron chi connectivity index (χ3n) is 4.15. The molecule has 2 amide bonds. The molecule has 2 rings (SSSR count). The highest BCUT2D eigenvalue weighted by atomic mass is 16.5. The summed E-state index contributed by atoms with van der Waals surface area (Å²) in [5, 5.41) is 5.81. The minimum absolute atomic E-state index is 0.0490. The summed E-state index contributed by atoms with van der Waals surface area (Å²) in [7, 11) is 0. The van der Waals surface area contributed by atoms with Crippen LogP contribution >= 0.6 is 0 Å². The molecule has 0 atom stereocenters. The van der Waals surface area contributed by atoms with E-state index in [2.05, 4.69) is 24.5 Å². The van der Waals surface area contributed by atoms with Crippen molar-refractivity contribution in [3.8, 4) is 5.75 Å². The summed E-state index contributed by atoms with van der Waals surface area (Å²) in [6.45, 7) is 7.01. The highest BCUT2D eigenvalue weighted by Crippen LogP contribution is 2.23. The minimum Gasteiger partial charge on any atom is -0.493 e. The van der Waals surface area contributed by atoms with Crippen molar-refractivity contribution in [1.82, 2.24) is 5.32 Å². The first-order valence-electron chi connectivity index (χ1n) is 9.41. The molecule has 0 radical (unpaired) electrons. The first-order valence-corrected chi connectivity index (χ1v) is 9.41. The maximum atomic E-state index is 12.3. The van der Waals surface area contributed by atoms with Crippen LogP contribution in [-0.2, 0) is 4.79 Å². The average molecular weight is 368 g/mol. The summed E-state index contributed by atoms with van der Waals surface area (Å²) in [6.07, 6.45) is 0.915. The largest absolute Gasteiger partial charge is 0.493 e. The molecule has 2 N–H and O–H groups in total. The molecule has 144 valence electrons. The first kappa shape index (κ1) is 20.5. The molecule has 2 aromatic rings. The van der Waals surface area contributed by atoms with Gasteiger partial charge in [-0.2, -0.15) is 0 Å². The third-order valence-corrected chi connectivity index (χ3v) is 4.15. The van der Waals surface area contributed by atoms with Crippen LogP contribution in [0.4, 0.5) is 5.69 Å². The van der Waals surface area contributed by atoms with Gasteiger partial charge >= 0.3 is 0 Å². The van der Waals surface area contributed by atoms with Gasteiger partial charge in [0.1, 0.15) is 5.75 Å². The van der Waals surface area contributed by atoms with Gasteiger partial charge in [-0.3, -0.25) is 9.59 Å². The van der Waals surface area contributed by atoms with Crippen LogP contribution in [0.3, 0.4) is 0 Å². The Balaban J connectivity index is 1.80. The fourth-order valence-corrected chi connectivity index (χ4v) is 2.81. The monoisotopic (exact) mass is 368 g/mol. The number of carbonyl (C=O) groups is 2. The van der Waals surface area contributed by atoms with Crippen LogP contribution in [0.2, 0.25) is 0 Å². The van der Waals surface area contributed by atoms with Crippen molar-refractivity contribution in [2.75, 3.05) is 18.5 Å². The van der Waals surface area contributed by atoms with Crippen LogP contribution < -0.4 is 15.4 Å². The lowest BCUT2D eigenvalue weighted by Gasteiger charge is -2.14. The van der Waals surface area contributed by atoms with Gasteiger partial charge in [-0.1, -0.05) is 44.2 Å². The van der Waals surface area contributed by atoms with Gasteiger partial charge in [-0.25, -0.2) is 0 Å². The molecule has 0 aliphatic rings. The zero-order valence-electron chi connectivity index (χ0n) is 16.2. The van der Waals surface area contributed by atoms with Crippen LogP contribution in [0, 0.1) is 0 Å². The Labute approximate surface area is 161 Å². The Morgan fingerprint density at radius 1 is 1.04 bits per heavy atom. The standard InChI is InChI=1S/C22H28N2O3/c1-4-27-20-13-8-6-11-18(20)22(26)23-15-9-14-21(25)24-19-12-7-5-10-17(19)16(2)3/h5-8,10-13,16H,4,9,14-15H2,1-3H3,(H,23,26)(H,24,25). The number of hydrogen-bond acceptors (Lipinski definition) is 3. The maximum absolute atomic E-state index is 12.3. The average Bonchev–Trinajstić information content (AvgIpc) is 2.66. The van der Waals surface area contributed by atoms with Gasteiger partial charge in [-0.05, 0) is 43.0 Å². The van der Waals surface area contributed by atoms with Crippen molar-refractivity contribution < 1.29 is 14.3 Å². The Bertz CT molecular complexity index is 772. The quantitative estimate of drug-likeness (QED) is 0.646. The molecular formula is C22H28N2O3. The number of amides is 2. The minimum atomic E-state index is -0.190. The van der Waals surface area contributed by atoms with Crippen molar-refractivity contribution in [3.63, 3.8) is 0 Å². The van der Waals surface area contributed by atoms with Crippen molar-refractivity contribution in [3.05, 3.63) is 59.7 Å². The van der Waals surface area contributed by atoms with Crippen LogP contribution in [0.25, 0.3) is 0 Å². The number of para-hydroxylation sites is 2. The number of nitrogens with one attached hydrogen (secondary N) is 2. The van der Waals surface area contributed by atoms with Crippen LogP contribution in [0.15, 0.2) is 48.5 Å². The Kier molecular flexibility index (Phi) is 7.86. The lowest BCUT2D eigenvalue weighted by Crippen LogP contribution is -2.26. The van der Waals surface area contributed by atoms with E-state index in [1.54, 1.807) is 18.2 Å². The van der Waals surface area contributed by atoms with E-state index in [1.807, 2.05) is 37.3 Å². The lowest BCUT2D eigenvalue weighted by atomic mass is 10.0. The van der Waals surface area contributed by atoms with Crippen molar-refractivity contribution in [2.24, 2.45) is 0 Å². The van der Waals surface area contributed by atoms with Gasteiger partial charge in [0, 0.05) is 18.7 Å². The number of carbonyl (C=O) groups excluding carboxylic acids is 2. The second-order valence-corrected chi connectivity index (χ2v) is 6.58. The molecule has 0 spiro atoms. The summed E-state index contributed by atoms with van der Waals surface area (Å²) in [5.41, 5.74) is 2.48. The Morgan fingerprint density at radius 2 is 1.74 bits per heavy atom. The molecule has 5 heteroatoms. The molecule has 0 bridgehead atoms. The van der Waals surface area contributed by atoms with Crippen LogP contribution in [-0.4, -0.2) is 25.0 Å². The zero-order chi connectivity index (χ0) is 19.6. The summed E-state index contributed by atoms with van der Waals surface area (Å²) in [4.78, 5) is 24.5. The number of benzene rings is 2. The number of hydrogen-bond donors (Lipinski definition) is 2. The molecule has 0 aliphatic carbocycles. The van der Waals surface area contributed by atoms with E-state index in [0.29, 0.717) is 43.2 Å². The SMILES string of the molecule is CCOc1ccccc1C(=O)NCCCC(=O)Nc1ccccc1C(C)C. The van der Waals surface area contributed by atoms with Crippen LogP contribution in [0.1, 0.15) is 55.5 Å². The molecule has 5 nitrogen and oxygen atoms in total. The van der Waals surface area contributed by atoms with E-state index in [1.165, 1.54) is 0 Å². The topological polar surface area (TPSA) is 67.4 Å². The highest BCUT2D eigenvalue weighted by Gasteiger charge is 2.12. The van der Waals surface area contributed by atoms with Gasteiger partial charge in [0.15, 0.2) is 0 Å². The van der Waals surface area contributed by atoms with Gasteiger partial charge in [0.25, 0.3) is 5.91 Å². The predicted molar refractivity (Wildman–Crippen MR) is 108 cm³/mol. The lowest BCUT2D eigenvalue weighted by molar-refractivity contribution is -0.116. The number of ether oxygens (including phenoxy) is 1. The number of rotatable bonds is 9. The second-order valence-electron chi connectivity index (χ2n) is 6.58. The summed E-state index contributed by atoms with van der Waals surface area (Å²) in [6, 6.07) is 15.0. The summed E-state index contributed by atoms with van der Waals surface area (Å²) < 4.78 is 5.47. The second kappa shape index (κ2) is 10.4. The molecule has 0 aliphatic heterocycles. The normalized spacial score (nSPS) is 10.5. The van der Waals surface area contributed by atoms with Crippen molar-refractivity contribution in [1.29, 1.82) is 0 Å². The molecule has 0 aromatic heterocycles. The van der Waals surface area contributed by atoms with Gasteiger partial charge < -0.3 is 15.4 Å². The van der Waals surface area contributed by atoms with Gasteiger partial charge in [0.05, 0.1) is 12.2 Å². The smallest absolute Gasteiger partial charge is 0.255 e. The fraction of sp³-hybridized carbons (Fsp3) is 0.364. The first-order chi connectivity index (χ1) is 13.0. The van der Waals surface area contributed by atoms with Gasteiger partial charge in [0.2, 0.25) is 5.91 Å². The van der Waals surface area contributed by atoms with E-state index in [-0.39, 0.29) is 11.8 Å². The van der Waals surface area contributed by atoms with E-state index < -0.39 is 0 Å². The van der Waals surface area contributed by atoms with Crippen molar-refractivity contribution in [2.45, 2.75) is 39.5 Å². The molecule has 0 saturated heterocycles. The van der Waals surface area contributed by atoms with Crippen molar-refractivity contribution >= 4 is 17.5 Å². The molecule has 0 unspecified atom stereocenters. The Hall–Kier alpha value is -2.82. The molecule has 2 aromatic carbocycles. The van der Waals surface area contributed by atoms with Crippen LogP contribution in [0.5, 0.6) is 5.75 Å². The zero-order valence-corrected chi connectivity index (χ0v) is 16.2. The van der Waals surface area contributed by atoms with E-state index in [4.69, 9.17) is 4.74 Å². The summed E-state index contributed by atoms with van der Waals surface area (Å²) >= 11 is 0. The molecular weight excluding hydrogens is 340 g/mol. The number of anilines is 1. The van der Waals surface area contributed by atoms with E-state index >= 15 is 0 Å². The molecule has 0 heterocycles. The van der Waals surface area contributed by atoms with E-state index in [9.17, 15) is 9.59 Å². The highest BCUT2D eigenvalue weighted by molar-refractivity contribution is 5.97. The predicted octanol–water partition coefficient (Wildman–Crippen LogP) is 4.36.